The van der Waals surface area contributed by atoms with Crippen molar-refractivity contribution in [2.45, 2.75) is 39.7 Å². The van der Waals surface area contributed by atoms with E-state index in [0.29, 0.717) is 6.54 Å². The van der Waals surface area contributed by atoms with Crippen LogP contribution in [-0.4, -0.2) is 18.5 Å². The van der Waals surface area contributed by atoms with Crippen molar-refractivity contribution in [2.24, 2.45) is 11.7 Å². The highest BCUT2D eigenvalue weighted by Gasteiger charge is 2.18. The van der Waals surface area contributed by atoms with Crippen molar-refractivity contribution in [3.63, 3.8) is 0 Å². The molecule has 3 N–H and O–H groups in total. The Morgan fingerprint density at radius 3 is 2.71 bits per heavy atom. The molecule has 82 valence electrons. The Balaban J connectivity index is 3.72. The van der Waals surface area contributed by atoms with Crippen molar-refractivity contribution >= 4 is 5.91 Å². The fourth-order valence-electron chi connectivity index (χ4n) is 1.08. The molecule has 0 aromatic rings. The van der Waals surface area contributed by atoms with Gasteiger partial charge in [0.25, 0.3) is 0 Å². The number of carbonyl (C=O) groups excluding carboxylic acids is 1. The number of carbonyl (C=O) groups is 1. The van der Waals surface area contributed by atoms with E-state index < -0.39 is 0 Å². The zero-order valence-electron chi connectivity index (χ0n) is 9.42. The Hall–Kier alpha value is -0.830. The van der Waals surface area contributed by atoms with Crippen molar-refractivity contribution in [3.05, 3.63) is 12.2 Å². The topological polar surface area (TPSA) is 55.1 Å². The lowest BCUT2D eigenvalue weighted by molar-refractivity contribution is -0.123. The average Bonchev–Trinajstić information content (AvgIpc) is 2.21. The van der Waals surface area contributed by atoms with E-state index in [0.717, 1.165) is 12.8 Å². The van der Waals surface area contributed by atoms with Gasteiger partial charge in [0.15, 0.2) is 0 Å². The second kappa shape index (κ2) is 7.56. The molecule has 0 saturated carbocycles. The highest BCUT2D eigenvalue weighted by atomic mass is 16.2. The number of hydrogen-bond donors (Lipinski definition) is 2. The van der Waals surface area contributed by atoms with Crippen LogP contribution < -0.4 is 11.1 Å². The van der Waals surface area contributed by atoms with Gasteiger partial charge in [0, 0.05) is 6.54 Å². The summed E-state index contributed by atoms with van der Waals surface area (Å²) in [5.74, 6) is 0.209. The first kappa shape index (κ1) is 13.2. The smallest absolute Gasteiger partial charge is 0.237 e. The second-order valence-electron chi connectivity index (χ2n) is 3.56. The summed E-state index contributed by atoms with van der Waals surface area (Å²) >= 11 is 0. The molecule has 0 heterocycles. The van der Waals surface area contributed by atoms with E-state index >= 15 is 0 Å². The zero-order valence-corrected chi connectivity index (χ0v) is 9.42. The lowest BCUT2D eigenvalue weighted by Gasteiger charge is -2.17. The molecule has 1 amide bonds. The minimum absolute atomic E-state index is 0.0381. The number of rotatable bonds is 6. The van der Waals surface area contributed by atoms with Crippen LogP contribution in [0.5, 0.6) is 0 Å². The zero-order chi connectivity index (χ0) is 11.0. The van der Waals surface area contributed by atoms with Crippen LogP contribution in [0, 0.1) is 5.92 Å². The summed E-state index contributed by atoms with van der Waals surface area (Å²) in [5, 5.41) is 2.82. The number of hydrogen-bond acceptors (Lipinski definition) is 2. The summed E-state index contributed by atoms with van der Waals surface area (Å²) < 4.78 is 0. The van der Waals surface area contributed by atoms with E-state index in [1.165, 1.54) is 0 Å². The molecular weight excluding hydrogens is 176 g/mol. The Labute approximate surface area is 86.8 Å². The molecule has 0 aliphatic carbocycles. The van der Waals surface area contributed by atoms with E-state index in [1.807, 2.05) is 32.9 Å². The maximum atomic E-state index is 11.4. The molecule has 14 heavy (non-hydrogen) atoms. The lowest BCUT2D eigenvalue weighted by Crippen LogP contribution is -2.44. The van der Waals surface area contributed by atoms with E-state index in [-0.39, 0.29) is 17.9 Å². The van der Waals surface area contributed by atoms with Crippen LogP contribution in [0.15, 0.2) is 12.2 Å². The Morgan fingerprint density at radius 2 is 2.21 bits per heavy atom. The van der Waals surface area contributed by atoms with Gasteiger partial charge in [0.1, 0.15) is 0 Å². The van der Waals surface area contributed by atoms with Crippen molar-refractivity contribution in [1.82, 2.24) is 5.32 Å². The number of nitrogens with two attached hydrogens (primary N) is 1. The second-order valence-corrected chi connectivity index (χ2v) is 3.56. The summed E-state index contributed by atoms with van der Waals surface area (Å²) in [5.41, 5.74) is 5.76. The molecule has 3 nitrogen and oxygen atoms in total. The van der Waals surface area contributed by atoms with Gasteiger partial charge < -0.3 is 11.1 Å². The predicted molar refractivity (Wildman–Crippen MR) is 59.9 cm³/mol. The van der Waals surface area contributed by atoms with Crippen LogP contribution >= 0.6 is 0 Å². The molecule has 0 spiro atoms. The first-order valence-corrected chi connectivity index (χ1v) is 5.27. The average molecular weight is 198 g/mol. The van der Waals surface area contributed by atoms with Crippen molar-refractivity contribution in [3.8, 4) is 0 Å². The minimum atomic E-state index is -0.370. The third-order valence-corrected chi connectivity index (χ3v) is 2.41. The van der Waals surface area contributed by atoms with Gasteiger partial charge in [-0.3, -0.25) is 4.79 Å². The molecule has 2 atom stereocenters. The normalized spacial score (nSPS) is 15.4. The van der Waals surface area contributed by atoms with Gasteiger partial charge in [-0.05, 0) is 19.3 Å². The maximum Gasteiger partial charge on any atom is 0.237 e. The molecule has 0 fully saturated rings. The van der Waals surface area contributed by atoms with Gasteiger partial charge >= 0.3 is 0 Å². The third-order valence-electron chi connectivity index (χ3n) is 2.41. The molecule has 0 aromatic heterocycles. The standard InChI is InChI=1S/C11H22N2O/c1-4-6-7-8-13-11(14)10(12)9(3)5-2/h4,6,9-10H,5,7-8,12H2,1-3H3,(H,13,14)/b6-4+. The van der Waals surface area contributed by atoms with Crippen LogP contribution in [-0.2, 0) is 4.79 Å². The van der Waals surface area contributed by atoms with Gasteiger partial charge in [-0.25, -0.2) is 0 Å². The summed E-state index contributed by atoms with van der Waals surface area (Å²) in [4.78, 5) is 11.4. The number of nitrogens with one attached hydrogen (secondary N) is 1. The van der Waals surface area contributed by atoms with Crippen LogP contribution in [0.1, 0.15) is 33.6 Å². The lowest BCUT2D eigenvalue weighted by atomic mass is 9.99. The highest BCUT2D eigenvalue weighted by Crippen LogP contribution is 2.04. The summed E-state index contributed by atoms with van der Waals surface area (Å²) in [6, 6.07) is -0.370. The maximum absolute atomic E-state index is 11.4. The van der Waals surface area contributed by atoms with Gasteiger partial charge in [0.2, 0.25) is 5.91 Å². The van der Waals surface area contributed by atoms with Crippen LogP contribution in [0.3, 0.4) is 0 Å². The summed E-state index contributed by atoms with van der Waals surface area (Å²) in [6.45, 7) is 6.67. The first-order chi connectivity index (χ1) is 6.63. The van der Waals surface area contributed by atoms with Crippen LogP contribution in [0.4, 0.5) is 0 Å². The number of amides is 1. The molecule has 0 radical (unpaired) electrons. The SMILES string of the molecule is C/C=C/CCNC(=O)C(N)C(C)CC. The Bertz CT molecular complexity index is 190. The van der Waals surface area contributed by atoms with E-state index in [2.05, 4.69) is 5.32 Å². The quantitative estimate of drug-likeness (QED) is 0.501. The van der Waals surface area contributed by atoms with E-state index in [1.54, 1.807) is 0 Å². The van der Waals surface area contributed by atoms with E-state index in [4.69, 9.17) is 5.73 Å². The summed E-state index contributed by atoms with van der Waals surface area (Å²) in [7, 11) is 0. The van der Waals surface area contributed by atoms with Crippen LogP contribution in [0.2, 0.25) is 0 Å². The predicted octanol–water partition coefficient (Wildman–Crippen LogP) is 1.44. The molecule has 3 heteroatoms. The van der Waals surface area contributed by atoms with Crippen molar-refractivity contribution < 1.29 is 4.79 Å². The Kier molecular flexibility index (Phi) is 7.11. The van der Waals surface area contributed by atoms with Gasteiger partial charge in [-0.2, -0.15) is 0 Å². The largest absolute Gasteiger partial charge is 0.354 e. The number of allylic oxidation sites excluding steroid dienone is 1. The van der Waals surface area contributed by atoms with Gasteiger partial charge in [-0.1, -0.05) is 32.4 Å². The molecule has 0 bridgehead atoms. The molecule has 0 saturated heterocycles. The Morgan fingerprint density at radius 1 is 1.57 bits per heavy atom. The summed E-state index contributed by atoms with van der Waals surface area (Å²) in [6.07, 6.45) is 5.80. The van der Waals surface area contributed by atoms with Crippen molar-refractivity contribution in [2.75, 3.05) is 6.54 Å². The van der Waals surface area contributed by atoms with Gasteiger partial charge in [-0.15, -0.1) is 0 Å². The van der Waals surface area contributed by atoms with E-state index in [9.17, 15) is 4.79 Å². The monoisotopic (exact) mass is 198 g/mol. The van der Waals surface area contributed by atoms with Gasteiger partial charge in [0.05, 0.1) is 6.04 Å². The first-order valence-electron chi connectivity index (χ1n) is 5.27. The molecule has 0 aliphatic rings. The molecular formula is C11H22N2O. The van der Waals surface area contributed by atoms with Crippen molar-refractivity contribution in [1.29, 1.82) is 0 Å². The highest BCUT2D eigenvalue weighted by molar-refractivity contribution is 5.81. The third kappa shape index (κ3) is 5.02. The molecule has 0 aliphatic heterocycles. The molecule has 0 aromatic carbocycles. The molecule has 0 rings (SSSR count). The van der Waals surface area contributed by atoms with Crippen LogP contribution in [0.25, 0.3) is 0 Å². The fourth-order valence-corrected chi connectivity index (χ4v) is 1.08. The molecule has 2 unspecified atom stereocenters. The minimum Gasteiger partial charge on any atom is -0.354 e. The fraction of sp³-hybridized carbons (Fsp3) is 0.727.